The first kappa shape index (κ1) is 26.5. The number of aromatic nitrogens is 2. The van der Waals surface area contributed by atoms with Gasteiger partial charge in [0.05, 0.1) is 22.8 Å². The van der Waals surface area contributed by atoms with E-state index >= 15 is 0 Å². The second-order valence-corrected chi connectivity index (χ2v) is 11.2. The molecule has 0 radical (unpaired) electrons. The zero-order chi connectivity index (χ0) is 27.1. The van der Waals surface area contributed by atoms with Crippen LogP contribution in [0.4, 0.5) is 0 Å². The Labute approximate surface area is 228 Å². The zero-order valence-electron chi connectivity index (χ0n) is 24.7. The summed E-state index contributed by atoms with van der Waals surface area (Å²) in [6, 6.07) is 0. The molecular weight excluding hydrogens is 464 g/mol. The summed E-state index contributed by atoms with van der Waals surface area (Å²) < 4.78 is 0. The number of aromatic amines is 2. The van der Waals surface area contributed by atoms with Crippen molar-refractivity contribution in [2.24, 2.45) is 9.98 Å². The summed E-state index contributed by atoms with van der Waals surface area (Å²) in [6.45, 7) is 17.8. The van der Waals surface area contributed by atoms with Crippen LogP contribution < -0.4 is 0 Å². The number of aryl methyl sites for hydroxylation is 2. The Morgan fingerprint density at radius 1 is 0.658 bits per heavy atom. The number of nitrogens with one attached hydrogen (secondary N) is 2. The summed E-state index contributed by atoms with van der Waals surface area (Å²) in [4.78, 5) is 17.8. The van der Waals surface area contributed by atoms with Crippen LogP contribution in [0.1, 0.15) is 111 Å². The van der Waals surface area contributed by atoms with Crippen LogP contribution >= 0.6 is 0 Å². The third-order valence-corrected chi connectivity index (χ3v) is 9.04. The molecule has 0 saturated carbocycles. The summed E-state index contributed by atoms with van der Waals surface area (Å²) in [7, 11) is 0. The summed E-state index contributed by atoms with van der Waals surface area (Å²) in [5.74, 6) is 0. The molecule has 2 aliphatic heterocycles. The Hall–Kier alpha value is -3.14. The van der Waals surface area contributed by atoms with Gasteiger partial charge in [0.1, 0.15) is 0 Å². The standard InChI is InChI=1S/C34H44N4/c1-9-24-19(4)29(35-22(24)7)16-31-21(6)26(11-3)32(37-31)18-34-28-15-13-12-14-27(28)33(38-34)17-30-20(5)25(10-2)23(8)36-30/h16-17,35-36H,9-15,18H2,1-8H3/b31-16-,33-17+. The molecule has 0 amide bonds. The number of allylic oxidation sites excluding steroid dienone is 4. The minimum Gasteiger partial charge on any atom is -0.359 e. The van der Waals surface area contributed by atoms with Crippen LogP contribution in [0.2, 0.25) is 0 Å². The highest BCUT2D eigenvalue weighted by Gasteiger charge is 2.29. The van der Waals surface area contributed by atoms with Crippen LogP contribution in [0.25, 0.3) is 12.2 Å². The van der Waals surface area contributed by atoms with Crippen molar-refractivity contribution in [2.75, 3.05) is 0 Å². The molecule has 0 spiro atoms. The van der Waals surface area contributed by atoms with E-state index < -0.39 is 0 Å². The van der Waals surface area contributed by atoms with Crippen LogP contribution in [-0.2, 0) is 12.8 Å². The zero-order valence-corrected chi connectivity index (χ0v) is 24.7. The number of aliphatic imine (C=N–C) groups is 2. The van der Waals surface area contributed by atoms with Crippen molar-refractivity contribution < 1.29 is 0 Å². The second-order valence-electron chi connectivity index (χ2n) is 11.2. The van der Waals surface area contributed by atoms with Crippen LogP contribution in [0, 0.1) is 27.7 Å². The van der Waals surface area contributed by atoms with E-state index in [1.54, 1.807) is 0 Å². The average Bonchev–Trinajstić information content (AvgIpc) is 3.57. The Morgan fingerprint density at radius 2 is 1.18 bits per heavy atom. The number of nitrogens with zero attached hydrogens (tertiary/aromatic N) is 2. The molecule has 0 aromatic carbocycles. The molecule has 5 rings (SSSR count). The highest BCUT2D eigenvalue weighted by molar-refractivity contribution is 6.21. The number of hydrogen-bond donors (Lipinski definition) is 2. The number of rotatable bonds is 7. The lowest BCUT2D eigenvalue weighted by molar-refractivity contribution is 0.698. The first-order valence-electron chi connectivity index (χ1n) is 14.6. The molecule has 0 atom stereocenters. The number of hydrogen-bond acceptors (Lipinski definition) is 2. The smallest absolute Gasteiger partial charge is 0.0689 e. The van der Waals surface area contributed by atoms with E-state index in [-0.39, 0.29) is 0 Å². The van der Waals surface area contributed by atoms with Crippen molar-refractivity contribution in [3.05, 3.63) is 78.7 Å². The molecule has 0 bridgehead atoms. The Kier molecular flexibility index (Phi) is 7.35. The van der Waals surface area contributed by atoms with Gasteiger partial charge in [-0.2, -0.15) is 0 Å². The van der Waals surface area contributed by atoms with Crippen LogP contribution in [-0.4, -0.2) is 21.4 Å². The van der Waals surface area contributed by atoms with Gasteiger partial charge in [0.25, 0.3) is 0 Å². The van der Waals surface area contributed by atoms with Crippen molar-refractivity contribution in [2.45, 2.75) is 107 Å². The second kappa shape index (κ2) is 10.6. The topological polar surface area (TPSA) is 56.3 Å². The van der Waals surface area contributed by atoms with Gasteiger partial charge in [0.15, 0.2) is 0 Å². The third kappa shape index (κ3) is 4.52. The summed E-state index contributed by atoms with van der Waals surface area (Å²) in [5, 5.41) is 0. The van der Waals surface area contributed by atoms with Crippen molar-refractivity contribution >= 4 is 23.6 Å². The van der Waals surface area contributed by atoms with E-state index in [0.29, 0.717) is 0 Å². The van der Waals surface area contributed by atoms with E-state index in [2.05, 4.69) is 77.5 Å². The van der Waals surface area contributed by atoms with Gasteiger partial charge in [-0.15, -0.1) is 0 Å². The molecule has 1 aliphatic carbocycles. The van der Waals surface area contributed by atoms with Crippen molar-refractivity contribution in [1.82, 2.24) is 9.97 Å². The third-order valence-electron chi connectivity index (χ3n) is 9.04. The molecule has 0 unspecified atom stereocenters. The fraction of sp³-hybridized carbons (Fsp3) is 0.471. The molecular formula is C34H44N4. The molecule has 4 heteroatoms. The first-order chi connectivity index (χ1) is 18.3. The Bertz CT molecular complexity index is 1470. The van der Waals surface area contributed by atoms with Crippen molar-refractivity contribution in [3.8, 4) is 0 Å². The molecule has 4 nitrogen and oxygen atoms in total. The van der Waals surface area contributed by atoms with Gasteiger partial charge in [0, 0.05) is 29.2 Å². The van der Waals surface area contributed by atoms with Gasteiger partial charge >= 0.3 is 0 Å². The van der Waals surface area contributed by atoms with Crippen molar-refractivity contribution in [1.29, 1.82) is 0 Å². The predicted molar refractivity (Wildman–Crippen MR) is 163 cm³/mol. The normalized spacial score (nSPS) is 19.8. The molecule has 0 saturated heterocycles. The quantitative estimate of drug-likeness (QED) is 0.375. The molecule has 2 aromatic heterocycles. The van der Waals surface area contributed by atoms with E-state index in [1.165, 1.54) is 97.3 Å². The maximum absolute atomic E-state index is 5.29. The Balaban J connectivity index is 1.51. The van der Waals surface area contributed by atoms with Gasteiger partial charge in [-0.05, 0) is 136 Å². The van der Waals surface area contributed by atoms with Gasteiger partial charge in [0.2, 0.25) is 0 Å². The first-order valence-corrected chi connectivity index (χ1v) is 14.6. The average molecular weight is 509 g/mol. The van der Waals surface area contributed by atoms with Gasteiger partial charge < -0.3 is 9.97 Å². The highest BCUT2D eigenvalue weighted by atomic mass is 14.9. The SMILES string of the molecule is CCC1=C(C)/C(=C/c2[nH]c(C)c(CC)c2C)N=C1CC1=N/C(=C/c2[nH]c(C)c(CC)c2C)C2=C1CCCC2. The monoisotopic (exact) mass is 508 g/mol. The van der Waals surface area contributed by atoms with E-state index in [0.717, 1.165) is 44.2 Å². The minimum absolute atomic E-state index is 0.819. The summed E-state index contributed by atoms with van der Waals surface area (Å²) in [5.41, 5.74) is 20.9. The van der Waals surface area contributed by atoms with E-state index in [9.17, 15) is 0 Å². The molecule has 2 N–H and O–H groups in total. The lowest BCUT2D eigenvalue weighted by Gasteiger charge is -2.16. The molecule has 0 fully saturated rings. The number of H-pyrrole nitrogens is 2. The summed E-state index contributed by atoms with van der Waals surface area (Å²) >= 11 is 0. The molecule has 3 aliphatic rings. The van der Waals surface area contributed by atoms with Gasteiger partial charge in [-0.1, -0.05) is 20.8 Å². The van der Waals surface area contributed by atoms with Crippen molar-refractivity contribution in [3.63, 3.8) is 0 Å². The fourth-order valence-electron chi connectivity index (χ4n) is 6.89. The Morgan fingerprint density at radius 3 is 1.71 bits per heavy atom. The lowest BCUT2D eigenvalue weighted by atomic mass is 9.87. The maximum Gasteiger partial charge on any atom is 0.0689 e. The minimum atomic E-state index is 0.819. The maximum atomic E-state index is 5.29. The molecule has 4 heterocycles. The largest absolute Gasteiger partial charge is 0.359 e. The molecule has 200 valence electrons. The van der Waals surface area contributed by atoms with Crippen LogP contribution in [0.3, 0.4) is 0 Å². The lowest BCUT2D eigenvalue weighted by Crippen LogP contribution is -2.11. The van der Waals surface area contributed by atoms with Gasteiger partial charge in [-0.3, -0.25) is 9.98 Å². The predicted octanol–water partition coefficient (Wildman–Crippen LogP) is 8.98. The molecule has 38 heavy (non-hydrogen) atoms. The summed E-state index contributed by atoms with van der Waals surface area (Å²) in [6.07, 6.45) is 13.3. The fourth-order valence-corrected chi connectivity index (χ4v) is 6.89. The van der Waals surface area contributed by atoms with E-state index in [1.807, 2.05) is 0 Å². The van der Waals surface area contributed by atoms with Crippen LogP contribution in [0.15, 0.2) is 43.7 Å². The van der Waals surface area contributed by atoms with Gasteiger partial charge in [-0.25, -0.2) is 0 Å². The van der Waals surface area contributed by atoms with E-state index in [4.69, 9.17) is 9.98 Å². The molecule has 2 aromatic rings. The highest BCUT2D eigenvalue weighted by Crippen LogP contribution is 2.40. The van der Waals surface area contributed by atoms with Crippen LogP contribution in [0.5, 0.6) is 0 Å².